The van der Waals surface area contributed by atoms with Gasteiger partial charge in [0.1, 0.15) is 5.75 Å². The summed E-state index contributed by atoms with van der Waals surface area (Å²) in [4.78, 5) is 9.89. The molecule has 2 aromatic rings. The second-order valence-corrected chi connectivity index (χ2v) is 7.49. The van der Waals surface area contributed by atoms with Crippen LogP contribution in [0.4, 0.5) is 0 Å². The van der Waals surface area contributed by atoms with Crippen LogP contribution >= 0.6 is 11.3 Å². The van der Waals surface area contributed by atoms with Crippen molar-refractivity contribution in [3.05, 3.63) is 45.9 Å². The number of rotatable bonds is 8. The van der Waals surface area contributed by atoms with Crippen molar-refractivity contribution in [1.82, 2.24) is 15.6 Å². The quantitative estimate of drug-likeness (QED) is 0.487. The zero-order valence-corrected chi connectivity index (χ0v) is 16.6. The molecule has 142 valence electrons. The van der Waals surface area contributed by atoms with Crippen LogP contribution in [0.25, 0.3) is 0 Å². The van der Waals surface area contributed by atoms with E-state index in [1.807, 2.05) is 58.2 Å². The zero-order valence-electron chi connectivity index (χ0n) is 15.8. The Balaban J connectivity index is 1.90. The van der Waals surface area contributed by atoms with E-state index in [9.17, 15) is 5.11 Å². The van der Waals surface area contributed by atoms with E-state index in [-0.39, 0.29) is 6.10 Å². The molecule has 0 aliphatic rings. The Morgan fingerprint density at radius 1 is 1.27 bits per heavy atom. The molecule has 0 fully saturated rings. The Bertz CT molecular complexity index is 698. The molecular formula is C19H28N4O2S. The first-order valence-electron chi connectivity index (χ1n) is 8.86. The minimum Gasteiger partial charge on any atom is -0.491 e. The topological polar surface area (TPSA) is 78.8 Å². The van der Waals surface area contributed by atoms with Crippen LogP contribution in [-0.4, -0.2) is 35.2 Å². The fourth-order valence-electron chi connectivity index (χ4n) is 2.33. The van der Waals surface area contributed by atoms with E-state index < -0.39 is 6.10 Å². The second-order valence-electron chi connectivity index (χ2n) is 6.17. The molecule has 1 aromatic heterocycles. The molecule has 26 heavy (non-hydrogen) atoms. The van der Waals surface area contributed by atoms with Crippen LogP contribution in [0.1, 0.15) is 42.3 Å². The SMILES string of the molecule is CCNC(=NCc1cnc(C)s1)NCC(O)c1ccc(OC(C)C)cc1. The molecule has 0 saturated heterocycles. The first-order chi connectivity index (χ1) is 12.5. The van der Waals surface area contributed by atoms with Crippen molar-refractivity contribution in [3.8, 4) is 5.75 Å². The van der Waals surface area contributed by atoms with Crippen LogP contribution in [-0.2, 0) is 6.54 Å². The number of ether oxygens (including phenoxy) is 1. The van der Waals surface area contributed by atoms with E-state index in [0.29, 0.717) is 19.0 Å². The van der Waals surface area contributed by atoms with Crippen LogP contribution in [0, 0.1) is 6.92 Å². The number of aryl methyl sites for hydroxylation is 1. The number of aliphatic imine (C=N–C) groups is 1. The highest BCUT2D eigenvalue weighted by molar-refractivity contribution is 7.11. The van der Waals surface area contributed by atoms with Gasteiger partial charge in [-0.1, -0.05) is 12.1 Å². The number of nitrogens with one attached hydrogen (secondary N) is 2. The molecule has 1 heterocycles. The average Bonchev–Trinajstić information content (AvgIpc) is 3.02. The molecular weight excluding hydrogens is 348 g/mol. The van der Waals surface area contributed by atoms with Crippen LogP contribution in [0.15, 0.2) is 35.5 Å². The highest BCUT2D eigenvalue weighted by Crippen LogP contribution is 2.18. The summed E-state index contributed by atoms with van der Waals surface area (Å²) >= 11 is 1.64. The van der Waals surface area contributed by atoms with Gasteiger partial charge in [-0.05, 0) is 45.4 Å². The summed E-state index contributed by atoms with van der Waals surface area (Å²) in [5.74, 6) is 1.48. The maximum Gasteiger partial charge on any atom is 0.191 e. The normalized spacial score (nSPS) is 12.9. The molecule has 1 unspecified atom stereocenters. The minimum atomic E-state index is -0.627. The van der Waals surface area contributed by atoms with Crippen molar-refractivity contribution in [2.24, 2.45) is 4.99 Å². The lowest BCUT2D eigenvalue weighted by molar-refractivity contribution is 0.180. The molecule has 0 radical (unpaired) electrons. The van der Waals surface area contributed by atoms with Crippen LogP contribution in [0.5, 0.6) is 5.75 Å². The van der Waals surface area contributed by atoms with Gasteiger partial charge in [-0.25, -0.2) is 9.98 Å². The molecule has 0 bridgehead atoms. The fourth-order valence-corrected chi connectivity index (χ4v) is 3.05. The Hall–Kier alpha value is -2.12. The molecule has 0 aliphatic heterocycles. The number of thiazole rings is 1. The lowest BCUT2D eigenvalue weighted by Crippen LogP contribution is -2.39. The molecule has 0 spiro atoms. The lowest BCUT2D eigenvalue weighted by Gasteiger charge is -2.16. The van der Waals surface area contributed by atoms with Gasteiger partial charge in [-0.2, -0.15) is 0 Å². The van der Waals surface area contributed by atoms with Crippen molar-refractivity contribution < 1.29 is 9.84 Å². The van der Waals surface area contributed by atoms with Gasteiger partial charge in [0.2, 0.25) is 0 Å². The first-order valence-corrected chi connectivity index (χ1v) is 9.67. The highest BCUT2D eigenvalue weighted by atomic mass is 32.1. The van der Waals surface area contributed by atoms with Crippen LogP contribution in [0.3, 0.4) is 0 Å². The van der Waals surface area contributed by atoms with Gasteiger partial charge in [0.05, 0.1) is 23.8 Å². The average molecular weight is 377 g/mol. The summed E-state index contributed by atoms with van der Waals surface area (Å²) in [5, 5.41) is 17.8. The van der Waals surface area contributed by atoms with Gasteiger partial charge in [0.15, 0.2) is 5.96 Å². The molecule has 0 aliphatic carbocycles. The van der Waals surface area contributed by atoms with Crippen molar-refractivity contribution in [3.63, 3.8) is 0 Å². The Morgan fingerprint density at radius 2 is 2.00 bits per heavy atom. The summed E-state index contributed by atoms with van der Waals surface area (Å²) in [6.07, 6.45) is 1.36. The third-order valence-electron chi connectivity index (χ3n) is 3.51. The maximum atomic E-state index is 10.4. The van der Waals surface area contributed by atoms with Crippen LogP contribution < -0.4 is 15.4 Å². The number of aliphatic hydroxyl groups excluding tert-OH is 1. The third-order valence-corrected chi connectivity index (χ3v) is 4.40. The van der Waals surface area contributed by atoms with Crippen molar-refractivity contribution in [2.45, 2.75) is 46.4 Å². The number of nitrogens with zero attached hydrogens (tertiary/aromatic N) is 2. The minimum absolute atomic E-state index is 0.133. The fraction of sp³-hybridized carbons (Fsp3) is 0.474. The predicted octanol–water partition coefficient (Wildman–Crippen LogP) is 3.03. The van der Waals surface area contributed by atoms with E-state index >= 15 is 0 Å². The standard InChI is InChI=1S/C19H28N4O2S/c1-5-20-19(22-11-17-10-21-14(4)26-17)23-12-18(24)15-6-8-16(9-7-15)25-13(2)3/h6-10,13,18,24H,5,11-12H2,1-4H3,(H2,20,22,23). The summed E-state index contributed by atoms with van der Waals surface area (Å²) < 4.78 is 5.62. The van der Waals surface area contributed by atoms with E-state index in [1.165, 1.54) is 0 Å². The monoisotopic (exact) mass is 376 g/mol. The summed E-state index contributed by atoms with van der Waals surface area (Å²) in [5.41, 5.74) is 0.836. The molecule has 6 nitrogen and oxygen atoms in total. The van der Waals surface area contributed by atoms with E-state index in [2.05, 4.69) is 20.6 Å². The number of aliphatic hydroxyl groups is 1. The van der Waals surface area contributed by atoms with Crippen molar-refractivity contribution >= 4 is 17.3 Å². The molecule has 7 heteroatoms. The Kier molecular flexibility index (Phi) is 7.87. The van der Waals surface area contributed by atoms with Gasteiger partial charge >= 0.3 is 0 Å². The summed E-state index contributed by atoms with van der Waals surface area (Å²) in [6, 6.07) is 7.52. The third kappa shape index (κ3) is 6.65. The molecule has 3 N–H and O–H groups in total. The zero-order chi connectivity index (χ0) is 18.9. The van der Waals surface area contributed by atoms with Gasteiger partial charge < -0.3 is 20.5 Å². The van der Waals surface area contributed by atoms with Crippen molar-refractivity contribution in [2.75, 3.05) is 13.1 Å². The first kappa shape index (κ1) is 20.2. The molecule has 1 atom stereocenters. The predicted molar refractivity (Wildman–Crippen MR) is 107 cm³/mol. The lowest BCUT2D eigenvalue weighted by atomic mass is 10.1. The van der Waals surface area contributed by atoms with Crippen LogP contribution in [0.2, 0.25) is 0 Å². The molecule has 0 amide bonds. The van der Waals surface area contributed by atoms with E-state index in [4.69, 9.17) is 4.74 Å². The molecule has 0 saturated carbocycles. The number of hydrogen-bond donors (Lipinski definition) is 3. The highest BCUT2D eigenvalue weighted by Gasteiger charge is 2.09. The molecule has 2 rings (SSSR count). The van der Waals surface area contributed by atoms with Gasteiger partial charge in [0, 0.05) is 24.2 Å². The number of benzene rings is 1. The maximum absolute atomic E-state index is 10.4. The number of hydrogen-bond acceptors (Lipinski definition) is 5. The Labute approximate surface area is 159 Å². The molecule has 1 aromatic carbocycles. The summed E-state index contributed by atoms with van der Waals surface area (Å²) in [6.45, 7) is 9.66. The van der Waals surface area contributed by atoms with Gasteiger partial charge in [0.25, 0.3) is 0 Å². The number of guanidine groups is 1. The second kappa shape index (κ2) is 10.1. The summed E-state index contributed by atoms with van der Waals surface area (Å²) in [7, 11) is 0. The van der Waals surface area contributed by atoms with E-state index in [1.54, 1.807) is 11.3 Å². The van der Waals surface area contributed by atoms with Gasteiger partial charge in [-0.3, -0.25) is 0 Å². The van der Waals surface area contributed by atoms with E-state index in [0.717, 1.165) is 27.7 Å². The van der Waals surface area contributed by atoms with Gasteiger partial charge in [-0.15, -0.1) is 11.3 Å². The smallest absolute Gasteiger partial charge is 0.191 e. The van der Waals surface area contributed by atoms with Crippen molar-refractivity contribution in [1.29, 1.82) is 0 Å². The number of aromatic nitrogens is 1. The largest absolute Gasteiger partial charge is 0.491 e. The Morgan fingerprint density at radius 3 is 2.58 bits per heavy atom.